The smallest absolute Gasteiger partial charge is 0.251 e. The predicted molar refractivity (Wildman–Crippen MR) is 121 cm³/mol. The first kappa shape index (κ1) is 22.6. The van der Waals surface area contributed by atoms with Crippen molar-refractivity contribution in [2.75, 3.05) is 13.7 Å². The van der Waals surface area contributed by atoms with Gasteiger partial charge in [-0.25, -0.2) is 0 Å². The number of nitrogens with one attached hydrogen (secondary N) is 1. The first-order valence-corrected chi connectivity index (χ1v) is 11.3. The van der Waals surface area contributed by atoms with Crippen LogP contribution in [0, 0.1) is 0 Å². The van der Waals surface area contributed by atoms with E-state index in [1.165, 1.54) is 17.6 Å². The molecule has 31 heavy (non-hydrogen) atoms. The van der Waals surface area contributed by atoms with Crippen molar-refractivity contribution < 1.29 is 18.7 Å². The quantitative estimate of drug-likeness (QED) is 0.474. The molecule has 0 radical (unpaired) electrons. The van der Waals surface area contributed by atoms with E-state index in [2.05, 4.69) is 12.2 Å². The Hall–Kier alpha value is -3.06. The van der Waals surface area contributed by atoms with Crippen molar-refractivity contribution in [2.24, 2.45) is 0 Å². The number of hydrogen-bond acceptors (Lipinski definition) is 5. The van der Waals surface area contributed by atoms with Crippen molar-refractivity contribution in [3.8, 4) is 5.75 Å². The van der Waals surface area contributed by atoms with E-state index >= 15 is 0 Å². The van der Waals surface area contributed by atoms with Crippen LogP contribution in [-0.2, 0) is 22.6 Å². The van der Waals surface area contributed by atoms with Crippen LogP contribution in [0.25, 0.3) is 0 Å². The number of unbranched alkanes of at least 4 members (excludes halogenated alkanes) is 1. The van der Waals surface area contributed by atoms with Crippen LogP contribution in [0.4, 0.5) is 0 Å². The zero-order chi connectivity index (χ0) is 22.1. The second-order valence-corrected chi connectivity index (χ2v) is 8.21. The van der Waals surface area contributed by atoms with Gasteiger partial charge in [0.05, 0.1) is 19.8 Å². The van der Waals surface area contributed by atoms with E-state index < -0.39 is 6.04 Å². The zero-order valence-electron chi connectivity index (χ0n) is 17.9. The molecule has 0 aliphatic carbocycles. The summed E-state index contributed by atoms with van der Waals surface area (Å²) in [4.78, 5) is 29.1. The van der Waals surface area contributed by atoms with Crippen molar-refractivity contribution in [2.45, 2.75) is 38.8 Å². The summed E-state index contributed by atoms with van der Waals surface area (Å²) in [5.41, 5.74) is 0.942. The minimum atomic E-state index is -0.813. The Morgan fingerprint density at radius 2 is 1.97 bits per heavy atom. The summed E-state index contributed by atoms with van der Waals surface area (Å²) >= 11 is 1.54. The topological polar surface area (TPSA) is 71.8 Å². The summed E-state index contributed by atoms with van der Waals surface area (Å²) in [6.45, 7) is 2.90. The van der Waals surface area contributed by atoms with Crippen LogP contribution in [0.1, 0.15) is 42.0 Å². The minimum Gasteiger partial charge on any atom is -0.497 e. The van der Waals surface area contributed by atoms with E-state index in [1.807, 2.05) is 41.8 Å². The third-order valence-electron chi connectivity index (χ3n) is 4.98. The summed E-state index contributed by atoms with van der Waals surface area (Å²) in [7, 11) is 1.61. The number of furan rings is 1. The number of carbonyl (C=O) groups excluding carboxylic acids is 2. The fourth-order valence-electron chi connectivity index (χ4n) is 3.29. The van der Waals surface area contributed by atoms with Crippen LogP contribution < -0.4 is 10.1 Å². The van der Waals surface area contributed by atoms with E-state index in [0.29, 0.717) is 18.8 Å². The molecule has 7 heteroatoms. The van der Waals surface area contributed by atoms with Gasteiger partial charge in [0.15, 0.2) is 6.04 Å². The number of nitrogens with zero attached hydrogens (tertiary/aromatic N) is 1. The van der Waals surface area contributed by atoms with Crippen molar-refractivity contribution in [1.29, 1.82) is 0 Å². The molecular formula is C24H28N2O4S. The number of methoxy groups -OCH3 is 1. The molecule has 3 aromatic rings. The van der Waals surface area contributed by atoms with Crippen LogP contribution >= 0.6 is 11.3 Å². The molecule has 0 aliphatic heterocycles. The maximum Gasteiger partial charge on any atom is 0.251 e. The molecule has 0 saturated heterocycles. The number of carbonyl (C=O) groups is 2. The van der Waals surface area contributed by atoms with Crippen molar-refractivity contribution in [3.63, 3.8) is 0 Å². The lowest BCUT2D eigenvalue weighted by molar-refractivity contribution is -0.141. The first-order chi connectivity index (χ1) is 15.1. The second kappa shape index (κ2) is 11.4. The molecule has 164 valence electrons. The SMILES string of the molecule is CCCCN(C(=O)Cc1cccs1)C(C(=O)NCc1ccc(OC)cc1)c1ccco1. The van der Waals surface area contributed by atoms with Crippen molar-refractivity contribution >= 4 is 23.2 Å². The van der Waals surface area contributed by atoms with Gasteiger partial charge in [-0.05, 0) is 47.7 Å². The van der Waals surface area contributed by atoms with Crippen LogP contribution in [0.15, 0.2) is 64.6 Å². The molecule has 2 aromatic heterocycles. The van der Waals surface area contributed by atoms with Crippen LogP contribution in [0.3, 0.4) is 0 Å². The lowest BCUT2D eigenvalue weighted by Crippen LogP contribution is -2.44. The third-order valence-corrected chi connectivity index (χ3v) is 5.85. The van der Waals surface area contributed by atoms with Gasteiger partial charge in [-0.15, -0.1) is 11.3 Å². The molecule has 0 fully saturated rings. The van der Waals surface area contributed by atoms with Crippen LogP contribution in [0.2, 0.25) is 0 Å². The monoisotopic (exact) mass is 440 g/mol. The molecule has 1 unspecified atom stereocenters. The van der Waals surface area contributed by atoms with Crippen molar-refractivity contribution in [1.82, 2.24) is 10.2 Å². The Bertz CT molecular complexity index is 937. The predicted octanol–water partition coefficient (Wildman–Crippen LogP) is 4.58. The fraction of sp³-hybridized carbons (Fsp3) is 0.333. The summed E-state index contributed by atoms with van der Waals surface area (Å²) in [6.07, 6.45) is 3.52. The highest BCUT2D eigenvalue weighted by atomic mass is 32.1. The number of hydrogen-bond donors (Lipinski definition) is 1. The Kier molecular flexibility index (Phi) is 8.29. The van der Waals surface area contributed by atoms with Gasteiger partial charge in [0, 0.05) is 18.0 Å². The summed E-state index contributed by atoms with van der Waals surface area (Å²) < 4.78 is 10.8. The average Bonchev–Trinajstić information content (AvgIpc) is 3.49. The van der Waals surface area contributed by atoms with Gasteiger partial charge in [0.1, 0.15) is 11.5 Å². The molecule has 1 aromatic carbocycles. The highest BCUT2D eigenvalue weighted by Gasteiger charge is 2.33. The Labute approximate surface area is 186 Å². The molecule has 2 amide bonds. The van der Waals surface area contributed by atoms with E-state index in [9.17, 15) is 9.59 Å². The molecular weight excluding hydrogens is 412 g/mol. The number of ether oxygens (including phenoxy) is 1. The average molecular weight is 441 g/mol. The maximum absolute atomic E-state index is 13.3. The Morgan fingerprint density at radius 3 is 2.58 bits per heavy atom. The molecule has 6 nitrogen and oxygen atoms in total. The highest BCUT2D eigenvalue weighted by molar-refractivity contribution is 7.10. The van der Waals surface area contributed by atoms with Gasteiger partial charge < -0.3 is 19.4 Å². The van der Waals surface area contributed by atoms with Crippen LogP contribution in [-0.4, -0.2) is 30.4 Å². The molecule has 1 atom stereocenters. The largest absolute Gasteiger partial charge is 0.497 e. The number of benzene rings is 1. The van der Waals surface area contributed by atoms with Gasteiger partial charge in [-0.3, -0.25) is 9.59 Å². The van der Waals surface area contributed by atoms with Gasteiger partial charge >= 0.3 is 0 Å². The van der Waals surface area contributed by atoms with Crippen LogP contribution in [0.5, 0.6) is 5.75 Å². The third kappa shape index (κ3) is 6.21. The van der Waals surface area contributed by atoms with E-state index in [0.717, 1.165) is 29.0 Å². The molecule has 3 rings (SSSR count). The minimum absolute atomic E-state index is 0.0862. The zero-order valence-corrected chi connectivity index (χ0v) is 18.7. The van der Waals surface area contributed by atoms with Crippen molar-refractivity contribution in [3.05, 3.63) is 76.4 Å². The normalized spacial score (nSPS) is 11.7. The molecule has 0 aliphatic rings. The number of rotatable bonds is 11. The summed E-state index contributed by atoms with van der Waals surface area (Å²) in [5, 5.41) is 4.91. The molecule has 0 saturated carbocycles. The summed E-state index contributed by atoms with van der Waals surface area (Å²) in [5.74, 6) is 0.870. The van der Waals surface area contributed by atoms with E-state index in [4.69, 9.17) is 9.15 Å². The van der Waals surface area contributed by atoms with Gasteiger partial charge in [-0.2, -0.15) is 0 Å². The Morgan fingerprint density at radius 1 is 1.16 bits per heavy atom. The first-order valence-electron chi connectivity index (χ1n) is 10.4. The standard InChI is InChI=1S/C24H28N2O4S/c1-3-4-13-26(22(27)16-20-7-6-15-31-20)23(21-8-5-14-30-21)24(28)25-17-18-9-11-19(29-2)12-10-18/h5-12,14-15,23H,3-4,13,16-17H2,1-2H3,(H,25,28). The van der Waals surface area contributed by atoms with Gasteiger partial charge in [0.2, 0.25) is 5.91 Å². The Balaban J connectivity index is 1.78. The fourth-order valence-corrected chi connectivity index (χ4v) is 3.99. The molecule has 2 heterocycles. The lowest BCUT2D eigenvalue weighted by Gasteiger charge is -2.30. The van der Waals surface area contributed by atoms with Gasteiger partial charge in [0.25, 0.3) is 5.91 Å². The highest BCUT2D eigenvalue weighted by Crippen LogP contribution is 2.24. The maximum atomic E-state index is 13.3. The lowest BCUT2D eigenvalue weighted by atomic mass is 10.1. The molecule has 0 bridgehead atoms. The second-order valence-electron chi connectivity index (χ2n) is 7.18. The summed E-state index contributed by atoms with van der Waals surface area (Å²) in [6, 6.07) is 14.0. The van der Waals surface area contributed by atoms with Gasteiger partial charge in [-0.1, -0.05) is 31.5 Å². The molecule has 1 N–H and O–H groups in total. The number of amides is 2. The van der Waals surface area contributed by atoms with E-state index in [-0.39, 0.29) is 18.2 Å². The van der Waals surface area contributed by atoms with E-state index in [1.54, 1.807) is 24.1 Å². The number of thiophene rings is 1. The molecule has 0 spiro atoms.